The molecule has 1 aromatic heterocycles. The minimum Gasteiger partial charge on any atom is -0.385 e. The number of rotatable bonds is 1. The lowest BCUT2D eigenvalue weighted by molar-refractivity contribution is 0.0449. The zero-order valence-electron chi connectivity index (χ0n) is 12.0. The van der Waals surface area contributed by atoms with E-state index in [1.807, 2.05) is 6.92 Å². The summed E-state index contributed by atoms with van der Waals surface area (Å²) in [5.41, 5.74) is 4.44. The quantitative estimate of drug-likeness (QED) is 0.834. The highest BCUT2D eigenvalue weighted by molar-refractivity contribution is 5.98. The molecule has 2 atom stereocenters. The van der Waals surface area contributed by atoms with Crippen molar-refractivity contribution in [3.63, 3.8) is 0 Å². The van der Waals surface area contributed by atoms with Gasteiger partial charge in [-0.1, -0.05) is 19.1 Å². The van der Waals surface area contributed by atoms with Crippen LogP contribution < -0.4 is 0 Å². The fourth-order valence-electron chi connectivity index (χ4n) is 3.89. The van der Waals surface area contributed by atoms with Crippen molar-refractivity contribution < 1.29 is 5.11 Å². The summed E-state index contributed by atoms with van der Waals surface area (Å²) in [5.74, 6) is 0. The summed E-state index contributed by atoms with van der Waals surface area (Å²) in [5, 5.41) is 11.9. The molecule has 4 rings (SSSR count). The molecule has 2 aliphatic rings. The van der Waals surface area contributed by atoms with E-state index in [4.69, 9.17) is 0 Å². The molecule has 2 heterocycles. The van der Waals surface area contributed by atoms with Crippen molar-refractivity contribution >= 4 is 16.5 Å². The number of hydrogen-bond acceptors (Lipinski definition) is 2. The van der Waals surface area contributed by atoms with Crippen molar-refractivity contribution in [1.29, 1.82) is 0 Å². The lowest BCUT2D eigenvalue weighted by Crippen LogP contribution is -2.51. The number of likely N-dealkylation sites (N-methyl/N-ethyl adjacent to an activating group) is 1. The predicted molar refractivity (Wildman–Crippen MR) is 81.6 cm³/mol. The van der Waals surface area contributed by atoms with Gasteiger partial charge in [-0.25, -0.2) is 0 Å². The van der Waals surface area contributed by atoms with Crippen LogP contribution in [0.3, 0.4) is 0 Å². The number of nitrogens with zero attached hydrogens (tertiary/aromatic N) is 1. The number of aromatic amines is 1. The minimum absolute atomic E-state index is 0.397. The molecule has 20 heavy (non-hydrogen) atoms. The Bertz CT molecular complexity index is 711. The van der Waals surface area contributed by atoms with Crippen LogP contribution in [0.1, 0.15) is 25.0 Å². The number of fused-ring (bicyclic) bond motifs is 2. The molecule has 0 saturated carbocycles. The standard InChI is InChI=1S/C17H20N2O/c1-3-19-10-17(2,20)8-13-12-5-4-6-14-16(12)11(9-18-14)7-15(13)19/h4-6,8-9,15,18,20H,3,7,10H2,1-2H3/t15-,17+/m1/s1. The third-order valence-electron chi connectivity index (χ3n) is 4.71. The van der Waals surface area contributed by atoms with E-state index in [1.54, 1.807) is 0 Å². The van der Waals surface area contributed by atoms with Gasteiger partial charge in [-0.3, -0.25) is 4.90 Å². The second-order valence-corrected chi connectivity index (χ2v) is 6.28. The molecule has 1 aliphatic heterocycles. The Balaban J connectivity index is 1.98. The van der Waals surface area contributed by atoms with Crippen LogP contribution in [-0.4, -0.2) is 39.7 Å². The Morgan fingerprint density at radius 3 is 3.10 bits per heavy atom. The molecule has 1 aliphatic carbocycles. The van der Waals surface area contributed by atoms with E-state index in [0.717, 1.165) is 13.0 Å². The van der Waals surface area contributed by atoms with Crippen LogP contribution >= 0.6 is 0 Å². The van der Waals surface area contributed by atoms with Gasteiger partial charge in [0.25, 0.3) is 0 Å². The first-order valence-corrected chi connectivity index (χ1v) is 7.37. The van der Waals surface area contributed by atoms with Gasteiger partial charge in [0.15, 0.2) is 0 Å². The highest BCUT2D eigenvalue weighted by Crippen LogP contribution is 2.41. The molecule has 2 N–H and O–H groups in total. The maximum atomic E-state index is 10.5. The summed E-state index contributed by atoms with van der Waals surface area (Å²) in [6.45, 7) is 5.76. The van der Waals surface area contributed by atoms with Crippen molar-refractivity contribution in [2.24, 2.45) is 0 Å². The van der Waals surface area contributed by atoms with Gasteiger partial charge in [0.2, 0.25) is 0 Å². The fraction of sp³-hybridized carbons (Fsp3) is 0.412. The topological polar surface area (TPSA) is 39.3 Å². The third-order valence-corrected chi connectivity index (χ3v) is 4.71. The van der Waals surface area contributed by atoms with Crippen molar-refractivity contribution in [2.75, 3.05) is 13.1 Å². The predicted octanol–water partition coefficient (Wildman–Crippen LogP) is 2.56. The van der Waals surface area contributed by atoms with E-state index in [2.05, 4.69) is 47.3 Å². The summed E-state index contributed by atoms with van der Waals surface area (Å²) in [7, 11) is 0. The molecule has 2 aromatic rings. The van der Waals surface area contributed by atoms with E-state index < -0.39 is 5.60 Å². The smallest absolute Gasteiger partial charge is 0.0932 e. The monoisotopic (exact) mass is 268 g/mol. The first-order chi connectivity index (χ1) is 9.59. The zero-order valence-corrected chi connectivity index (χ0v) is 12.0. The molecule has 0 amide bonds. The lowest BCUT2D eigenvalue weighted by atomic mass is 9.79. The first kappa shape index (κ1) is 12.2. The van der Waals surface area contributed by atoms with Gasteiger partial charge in [-0.2, -0.15) is 0 Å². The Kier molecular flexibility index (Phi) is 2.41. The van der Waals surface area contributed by atoms with Crippen LogP contribution in [0.2, 0.25) is 0 Å². The second-order valence-electron chi connectivity index (χ2n) is 6.28. The summed E-state index contributed by atoms with van der Waals surface area (Å²) in [4.78, 5) is 5.77. The summed E-state index contributed by atoms with van der Waals surface area (Å²) in [6.07, 6.45) is 5.26. The lowest BCUT2D eigenvalue weighted by Gasteiger charge is -2.43. The van der Waals surface area contributed by atoms with Crippen molar-refractivity contribution in [1.82, 2.24) is 9.88 Å². The van der Waals surface area contributed by atoms with Gasteiger partial charge in [0.05, 0.1) is 5.60 Å². The summed E-state index contributed by atoms with van der Waals surface area (Å²) < 4.78 is 0. The number of aliphatic hydroxyl groups is 1. The van der Waals surface area contributed by atoms with Gasteiger partial charge < -0.3 is 10.1 Å². The van der Waals surface area contributed by atoms with Crippen LogP contribution in [0.15, 0.2) is 30.5 Å². The Labute approximate surface area is 118 Å². The van der Waals surface area contributed by atoms with E-state index in [9.17, 15) is 5.11 Å². The number of benzene rings is 1. The number of H-pyrrole nitrogens is 1. The molecule has 0 fully saturated rings. The summed E-state index contributed by atoms with van der Waals surface area (Å²) in [6, 6.07) is 6.81. The van der Waals surface area contributed by atoms with Crippen molar-refractivity contribution in [3.8, 4) is 0 Å². The summed E-state index contributed by atoms with van der Waals surface area (Å²) >= 11 is 0. The third kappa shape index (κ3) is 1.60. The first-order valence-electron chi connectivity index (χ1n) is 7.37. The molecule has 0 bridgehead atoms. The number of nitrogens with one attached hydrogen (secondary N) is 1. The van der Waals surface area contributed by atoms with Gasteiger partial charge in [0, 0.05) is 29.7 Å². The molecule has 0 spiro atoms. The highest BCUT2D eigenvalue weighted by Gasteiger charge is 2.38. The van der Waals surface area contributed by atoms with Gasteiger partial charge in [0.1, 0.15) is 0 Å². The average Bonchev–Trinajstić information content (AvgIpc) is 2.83. The Morgan fingerprint density at radius 1 is 1.45 bits per heavy atom. The molecule has 0 radical (unpaired) electrons. The normalized spacial score (nSPS) is 29.4. The van der Waals surface area contributed by atoms with E-state index in [0.29, 0.717) is 12.6 Å². The number of β-amino-alcohol motifs (C(OH)–C–C–N with tert-alkyl or cyclic N) is 1. The van der Waals surface area contributed by atoms with E-state index >= 15 is 0 Å². The minimum atomic E-state index is -0.738. The van der Waals surface area contributed by atoms with Crippen LogP contribution in [0.5, 0.6) is 0 Å². The van der Waals surface area contributed by atoms with E-state index in [1.165, 1.54) is 27.6 Å². The maximum Gasteiger partial charge on any atom is 0.0932 e. The number of aromatic nitrogens is 1. The number of hydrogen-bond donors (Lipinski definition) is 2. The van der Waals surface area contributed by atoms with Crippen LogP contribution in [0, 0.1) is 0 Å². The second kappa shape index (κ2) is 3.96. The van der Waals surface area contributed by atoms with Crippen molar-refractivity contribution in [2.45, 2.75) is 31.9 Å². The van der Waals surface area contributed by atoms with Crippen LogP contribution in [0.4, 0.5) is 0 Å². The highest BCUT2D eigenvalue weighted by atomic mass is 16.3. The molecule has 3 heteroatoms. The molecular weight excluding hydrogens is 248 g/mol. The van der Waals surface area contributed by atoms with Crippen molar-refractivity contribution in [3.05, 3.63) is 41.6 Å². The Hall–Kier alpha value is -1.58. The fourth-order valence-corrected chi connectivity index (χ4v) is 3.89. The van der Waals surface area contributed by atoms with E-state index in [-0.39, 0.29) is 0 Å². The molecule has 0 saturated heterocycles. The zero-order chi connectivity index (χ0) is 13.9. The van der Waals surface area contributed by atoms with Gasteiger partial charge in [-0.15, -0.1) is 0 Å². The maximum absolute atomic E-state index is 10.5. The average molecular weight is 268 g/mol. The molecular formula is C17H20N2O. The van der Waals surface area contributed by atoms with Crippen LogP contribution in [0.25, 0.3) is 16.5 Å². The van der Waals surface area contributed by atoms with Gasteiger partial charge >= 0.3 is 0 Å². The molecule has 104 valence electrons. The molecule has 0 unspecified atom stereocenters. The Morgan fingerprint density at radius 2 is 2.30 bits per heavy atom. The SMILES string of the molecule is CCN1C[C@@](C)(O)C=C2c3cccc4[nH]cc(c34)C[C@H]21. The van der Waals surface area contributed by atoms with Gasteiger partial charge in [-0.05, 0) is 48.7 Å². The van der Waals surface area contributed by atoms with Crippen LogP contribution in [-0.2, 0) is 6.42 Å². The molecule has 3 nitrogen and oxygen atoms in total. The largest absolute Gasteiger partial charge is 0.385 e. The molecule has 1 aromatic carbocycles.